The van der Waals surface area contributed by atoms with E-state index in [0.29, 0.717) is 0 Å². The van der Waals surface area contributed by atoms with Crippen molar-refractivity contribution in [2.75, 3.05) is 25.6 Å². The van der Waals surface area contributed by atoms with Gasteiger partial charge in [-0.1, -0.05) is 42.5 Å². The number of alkyl carbamates (subject to hydrolysis) is 1. The van der Waals surface area contributed by atoms with Crippen LogP contribution in [0.1, 0.15) is 17.2 Å². The van der Waals surface area contributed by atoms with Crippen molar-refractivity contribution in [3.63, 3.8) is 0 Å². The molecule has 2 aromatic carbocycles. The van der Waals surface area contributed by atoms with Crippen molar-refractivity contribution in [1.82, 2.24) is 5.32 Å². The first kappa shape index (κ1) is 16.8. The van der Waals surface area contributed by atoms with Gasteiger partial charge in [0, 0.05) is 19.8 Å². The average molecular weight is 314 g/mol. The van der Waals surface area contributed by atoms with Crippen LogP contribution >= 0.6 is 0 Å². The lowest BCUT2D eigenvalue weighted by Crippen LogP contribution is -2.31. The van der Waals surface area contributed by atoms with E-state index in [9.17, 15) is 9.90 Å². The molecule has 2 rings (SSSR count). The van der Waals surface area contributed by atoms with Gasteiger partial charge in [0.25, 0.3) is 0 Å². The standard InChI is InChI=1S/C18H22N2O3/c1-20(2)16-10-6-9-15(11-16)17(12-21)19-18(22)23-13-14-7-4-3-5-8-14/h3-11,17,21H,12-13H2,1-2H3,(H,19,22)/t17-/m0/s1. The maximum absolute atomic E-state index is 11.9. The van der Waals surface area contributed by atoms with Crippen molar-refractivity contribution < 1.29 is 14.6 Å². The highest BCUT2D eigenvalue weighted by molar-refractivity contribution is 5.68. The molecule has 0 saturated heterocycles. The Morgan fingerprint density at radius 1 is 1.17 bits per heavy atom. The second kappa shape index (κ2) is 8.19. The van der Waals surface area contributed by atoms with Crippen LogP contribution in [0.3, 0.4) is 0 Å². The predicted molar refractivity (Wildman–Crippen MR) is 90.4 cm³/mol. The molecule has 0 aliphatic carbocycles. The molecule has 0 aliphatic heterocycles. The maximum atomic E-state index is 11.9. The van der Waals surface area contributed by atoms with Gasteiger partial charge in [0.1, 0.15) is 6.61 Å². The number of nitrogens with one attached hydrogen (secondary N) is 1. The third-order valence-corrected chi connectivity index (χ3v) is 3.48. The molecule has 0 spiro atoms. The number of rotatable bonds is 6. The number of hydrogen-bond donors (Lipinski definition) is 2. The first-order valence-corrected chi connectivity index (χ1v) is 7.45. The molecule has 0 heterocycles. The summed E-state index contributed by atoms with van der Waals surface area (Å²) < 4.78 is 5.19. The van der Waals surface area contributed by atoms with Crippen molar-refractivity contribution in [3.05, 3.63) is 65.7 Å². The highest BCUT2D eigenvalue weighted by atomic mass is 16.5. The quantitative estimate of drug-likeness (QED) is 0.860. The Labute approximate surface area is 136 Å². The first-order valence-electron chi connectivity index (χ1n) is 7.45. The molecular weight excluding hydrogens is 292 g/mol. The molecule has 122 valence electrons. The minimum Gasteiger partial charge on any atom is -0.445 e. The summed E-state index contributed by atoms with van der Waals surface area (Å²) in [6, 6.07) is 16.6. The molecule has 1 amide bonds. The van der Waals surface area contributed by atoms with Gasteiger partial charge in [0.2, 0.25) is 0 Å². The number of nitrogens with zero attached hydrogens (tertiary/aromatic N) is 1. The van der Waals surface area contributed by atoms with E-state index in [-0.39, 0.29) is 13.2 Å². The monoisotopic (exact) mass is 314 g/mol. The zero-order valence-corrected chi connectivity index (χ0v) is 13.4. The van der Waals surface area contributed by atoms with Crippen LogP contribution in [0, 0.1) is 0 Å². The number of carbonyl (C=O) groups excluding carboxylic acids is 1. The minimum atomic E-state index is -0.553. The molecule has 23 heavy (non-hydrogen) atoms. The second-order valence-corrected chi connectivity index (χ2v) is 5.43. The molecule has 0 radical (unpaired) electrons. The lowest BCUT2D eigenvalue weighted by atomic mass is 10.1. The van der Waals surface area contributed by atoms with E-state index in [2.05, 4.69) is 5.32 Å². The van der Waals surface area contributed by atoms with Crippen molar-refractivity contribution >= 4 is 11.8 Å². The Morgan fingerprint density at radius 2 is 1.91 bits per heavy atom. The summed E-state index contributed by atoms with van der Waals surface area (Å²) in [6.45, 7) is -0.000121. The van der Waals surface area contributed by atoms with Gasteiger partial charge in [0.05, 0.1) is 12.6 Å². The van der Waals surface area contributed by atoms with E-state index in [0.717, 1.165) is 16.8 Å². The van der Waals surface area contributed by atoms with Crippen LogP contribution in [0.4, 0.5) is 10.5 Å². The fourth-order valence-electron chi connectivity index (χ4n) is 2.16. The van der Waals surface area contributed by atoms with Gasteiger partial charge >= 0.3 is 6.09 Å². The molecule has 5 nitrogen and oxygen atoms in total. The van der Waals surface area contributed by atoms with Gasteiger partial charge in [0.15, 0.2) is 0 Å². The Hall–Kier alpha value is -2.53. The summed E-state index contributed by atoms with van der Waals surface area (Å²) in [5, 5.41) is 12.2. The van der Waals surface area contributed by atoms with Crippen LogP contribution in [-0.2, 0) is 11.3 Å². The molecule has 1 atom stereocenters. The number of anilines is 1. The van der Waals surface area contributed by atoms with E-state index < -0.39 is 12.1 Å². The number of aliphatic hydroxyl groups excluding tert-OH is 1. The summed E-state index contributed by atoms with van der Waals surface area (Å²) in [4.78, 5) is 13.9. The summed E-state index contributed by atoms with van der Waals surface area (Å²) >= 11 is 0. The van der Waals surface area contributed by atoms with Crippen LogP contribution in [0.25, 0.3) is 0 Å². The lowest BCUT2D eigenvalue weighted by molar-refractivity contribution is 0.129. The molecule has 0 aliphatic rings. The van der Waals surface area contributed by atoms with Gasteiger partial charge in [-0.15, -0.1) is 0 Å². The van der Waals surface area contributed by atoms with Gasteiger partial charge < -0.3 is 20.1 Å². The number of amides is 1. The topological polar surface area (TPSA) is 61.8 Å². The van der Waals surface area contributed by atoms with Crippen molar-refractivity contribution in [2.45, 2.75) is 12.6 Å². The fourth-order valence-corrected chi connectivity index (χ4v) is 2.16. The average Bonchev–Trinajstić information content (AvgIpc) is 2.59. The SMILES string of the molecule is CN(C)c1cccc([C@H](CO)NC(=O)OCc2ccccc2)c1. The Kier molecular flexibility index (Phi) is 6.00. The molecule has 0 bridgehead atoms. The fraction of sp³-hybridized carbons (Fsp3) is 0.278. The maximum Gasteiger partial charge on any atom is 0.408 e. The lowest BCUT2D eigenvalue weighted by Gasteiger charge is -2.19. The van der Waals surface area contributed by atoms with E-state index in [1.165, 1.54) is 0 Å². The minimum absolute atomic E-state index is 0.197. The predicted octanol–water partition coefficient (Wildman–Crippen LogP) is 2.71. The zero-order valence-electron chi connectivity index (χ0n) is 13.4. The number of aliphatic hydroxyl groups is 1. The third-order valence-electron chi connectivity index (χ3n) is 3.48. The molecule has 5 heteroatoms. The zero-order chi connectivity index (χ0) is 16.7. The number of carbonyl (C=O) groups is 1. The van der Waals surface area contributed by atoms with Crippen LogP contribution in [0.2, 0.25) is 0 Å². The van der Waals surface area contributed by atoms with E-state index in [4.69, 9.17) is 4.74 Å². The molecular formula is C18H22N2O3. The number of benzene rings is 2. The Morgan fingerprint density at radius 3 is 2.57 bits per heavy atom. The summed E-state index contributed by atoms with van der Waals surface area (Å²) in [7, 11) is 3.88. The molecule has 2 N–H and O–H groups in total. The van der Waals surface area contributed by atoms with E-state index >= 15 is 0 Å². The molecule has 0 fully saturated rings. The molecule has 2 aromatic rings. The van der Waals surface area contributed by atoms with Crippen molar-refractivity contribution in [2.24, 2.45) is 0 Å². The summed E-state index contributed by atoms with van der Waals surface area (Å²) in [5.41, 5.74) is 2.74. The largest absolute Gasteiger partial charge is 0.445 e. The van der Waals surface area contributed by atoms with Crippen LogP contribution < -0.4 is 10.2 Å². The second-order valence-electron chi connectivity index (χ2n) is 5.43. The molecule has 0 saturated carbocycles. The van der Waals surface area contributed by atoms with Crippen LogP contribution in [0.5, 0.6) is 0 Å². The number of ether oxygens (including phenoxy) is 1. The van der Waals surface area contributed by atoms with Gasteiger partial charge in [-0.3, -0.25) is 0 Å². The highest BCUT2D eigenvalue weighted by Crippen LogP contribution is 2.19. The first-order chi connectivity index (χ1) is 11.1. The van der Waals surface area contributed by atoms with E-state index in [1.54, 1.807) is 0 Å². The van der Waals surface area contributed by atoms with Gasteiger partial charge in [-0.05, 0) is 23.3 Å². The van der Waals surface area contributed by atoms with Crippen molar-refractivity contribution in [3.8, 4) is 0 Å². The van der Waals surface area contributed by atoms with Crippen molar-refractivity contribution in [1.29, 1.82) is 0 Å². The van der Waals surface area contributed by atoms with Crippen LogP contribution in [0.15, 0.2) is 54.6 Å². The summed E-state index contributed by atoms with van der Waals surface area (Å²) in [5.74, 6) is 0. The highest BCUT2D eigenvalue weighted by Gasteiger charge is 2.15. The number of hydrogen-bond acceptors (Lipinski definition) is 4. The smallest absolute Gasteiger partial charge is 0.408 e. The van der Waals surface area contributed by atoms with Crippen LogP contribution in [-0.4, -0.2) is 31.9 Å². The normalized spacial score (nSPS) is 11.6. The van der Waals surface area contributed by atoms with Gasteiger partial charge in [-0.2, -0.15) is 0 Å². The van der Waals surface area contributed by atoms with E-state index in [1.807, 2.05) is 73.6 Å². The Bertz CT molecular complexity index is 629. The van der Waals surface area contributed by atoms with Gasteiger partial charge in [-0.25, -0.2) is 4.79 Å². The molecule has 0 unspecified atom stereocenters. The molecule has 0 aromatic heterocycles. The Balaban J connectivity index is 1.96. The summed E-state index contributed by atoms with van der Waals surface area (Å²) in [6.07, 6.45) is -0.553. The third kappa shape index (κ3) is 5.00.